The first-order valence-electron chi connectivity index (χ1n) is 18.8. The molecule has 0 amide bonds. The predicted molar refractivity (Wildman–Crippen MR) is 225 cm³/mol. The molecule has 268 valence electrons. The van der Waals surface area contributed by atoms with Crippen LogP contribution in [-0.4, -0.2) is 26.2 Å². The van der Waals surface area contributed by atoms with Gasteiger partial charge in [0.2, 0.25) is 0 Å². The van der Waals surface area contributed by atoms with E-state index in [4.69, 9.17) is 8.83 Å². The lowest BCUT2D eigenvalue weighted by Crippen LogP contribution is -2.21. The molecule has 0 aliphatic rings. The zero-order valence-corrected chi connectivity index (χ0v) is 31.1. The number of hydrogen-bond donors (Lipinski definition) is 0. The topological polar surface area (TPSA) is 66.9 Å². The van der Waals surface area contributed by atoms with Crippen molar-refractivity contribution in [3.63, 3.8) is 0 Å². The van der Waals surface area contributed by atoms with E-state index in [0.717, 1.165) is 92.5 Å². The summed E-state index contributed by atoms with van der Waals surface area (Å²) in [5.74, 6) is 0. The van der Waals surface area contributed by atoms with E-state index in [-0.39, 0.29) is 11.3 Å². The van der Waals surface area contributed by atoms with Gasteiger partial charge in [0.25, 0.3) is 0 Å². The molecule has 8 aromatic rings. The molecular weight excluding hydrogens is 669 g/mol. The fraction of sp³-hybridized carbons (Fsp3) is 0.167. The van der Waals surface area contributed by atoms with E-state index in [0.29, 0.717) is 22.3 Å². The molecule has 2 heterocycles. The molecule has 0 atom stereocenters. The van der Waals surface area contributed by atoms with Gasteiger partial charge in [-0.3, -0.25) is 0 Å². The molecular formula is C48H42N2O4. The maximum atomic E-state index is 13.4. The molecule has 2 aromatic heterocycles. The van der Waals surface area contributed by atoms with Gasteiger partial charge in [-0.1, -0.05) is 72.8 Å². The average Bonchev–Trinajstić information content (AvgIpc) is 3.21. The Bertz CT molecular complexity index is 2600. The Morgan fingerprint density at radius 2 is 0.796 bits per heavy atom. The second kappa shape index (κ2) is 14.6. The van der Waals surface area contributed by atoms with Crippen LogP contribution in [0.5, 0.6) is 0 Å². The van der Waals surface area contributed by atoms with E-state index in [1.54, 1.807) is 0 Å². The first-order valence-corrected chi connectivity index (χ1v) is 18.8. The van der Waals surface area contributed by atoms with Crippen LogP contribution in [0.25, 0.3) is 77.2 Å². The van der Waals surface area contributed by atoms with Crippen molar-refractivity contribution < 1.29 is 8.83 Å². The number of benzene rings is 6. The number of rotatable bonds is 10. The molecule has 54 heavy (non-hydrogen) atoms. The van der Waals surface area contributed by atoms with Gasteiger partial charge in [-0.2, -0.15) is 0 Å². The zero-order valence-electron chi connectivity index (χ0n) is 31.1. The second-order valence-electron chi connectivity index (χ2n) is 13.6. The molecule has 0 saturated heterocycles. The van der Waals surface area contributed by atoms with Gasteiger partial charge in [-0.05, 0) is 120 Å². The van der Waals surface area contributed by atoms with Gasteiger partial charge in [0.15, 0.2) is 0 Å². The van der Waals surface area contributed by atoms with Crippen molar-refractivity contribution in [3.05, 3.63) is 154 Å². The van der Waals surface area contributed by atoms with Crippen molar-refractivity contribution in [2.24, 2.45) is 0 Å². The fourth-order valence-corrected chi connectivity index (χ4v) is 7.68. The molecule has 6 aromatic carbocycles. The predicted octanol–water partition coefficient (Wildman–Crippen LogP) is 11.4. The Morgan fingerprint density at radius 3 is 1.19 bits per heavy atom. The number of anilines is 2. The highest BCUT2D eigenvalue weighted by molar-refractivity contribution is 6.05. The van der Waals surface area contributed by atoms with Crippen LogP contribution < -0.4 is 21.1 Å². The normalized spacial score (nSPS) is 11.4. The molecule has 0 bridgehead atoms. The highest BCUT2D eigenvalue weighted by Crippen LogP contribution is 2.38. The molecule has 0 N–H and O–H groups in total. The molecule has 0 spiro atoms. The molecule has 6 heteroatoms. The fourth-order valence-electron chi connectivity index (χ4n) is 7.68. The van der Waals surface area contributed by atoms with Crippen molar-refractivity contribution in [1.82, 2.24) is 0 Å². The summed E-state index contributed by atoms with van der Waals surface area (Å²) in [5, 5.41) is 3.94. The summed E-state index contributed by atoms with van der Waals surface area (Å²) < 4.78 is 11.8. The lowest BCUT2D eigenvalue weighted by molar-refractivity contribution is 0.563. The van der Waals surface area contributed by atoms with Crippen LogP contribution in [0, 0.1) is 0 Å². The lowest BCUT2D eigenvalue weighted by Gasteiger charge is -2.21. The van der Waals surface area contributed by atoms with Crippen molar-refractivity contribution >= 4 is 44.1 Å². The molecule has 8 rings (SSSR count). The third-order valence-corrected chi connectivity index (χ3v) is 10.6. The zero-order chi connectivity index (χ0) is 37.3. The van der Waals surface area contributed by atoms with Gasteiger partial charge in [-0.15, -0.1) is 0 Å². The molecule has 0 fully saturated rings. The Balaban J connectivity index is 1.16. The van der Waals surface area contributed by atoms with E-state index < -0.39 is 0 Å². The van der Waals surface area contributed by atoms with E-state index in [1.165, 1.54) is 0 Å². The van der Waals surface area contributed by atoms with Gasteiger partial charge >= 0.3 is 11.3 Å². The molecule has 0 aliphatic carbocycles. The minimum absolute atomic E-state index is 0.360. The van der Waals surface area contributed by atoms with Gasteiger partial charge in [0.05, 0.1) is 11.1 Å². The highest BCUT2D eigenvalue weighted by Gasteiger charge is 2.16. The first-order chi connectivity index (χ1) is 26.4. The standard InChI is InChI=1S/C48H42N2O4/c1-5-49(6-2)37-21-19-35-27-43(47(51)53-45(35)29-37)33-15-11-13-31(25-33)39-23-24-40(42-18-10-9-17-41(39)42)32-14-12-16-34(26-32)44-28-36-20-22-38(50(7-3)8-4)30-46(36)54-48(44)52/h9-30H,5-8H2,1-4H3. The monoisotopic (exact) mass is 710 g/mol. The van der Waals surface area contributed by atoms with Crippen molar-refractivity contribution in [2.75, 3.05) is 36.0 Å². The highest BCUT2D eigenvalue weighted by atomic mass is 16.4. The minimum Gasteiger partial charge on any atom is -0.422 e. The second-order valence-corrected chi connectivity index (χ2v) is 13.6. The number of hydrogen-bond acceptors (Lipinski definition) is 6. The quantitative estimate of drug-likeness (QED) is 0.132. The average molecular weight is 711 g/mol. The number of nitrogens with zero attached hydrogens (tertiary/aromatic N) is 2. The maximum Gasteiger partial charge on any atom is 0.344 e. The summed E-state index contributed by atoms with van der Waals surface area (Å²) in [7, 11) is 0. The third kappa shape index (κ3) is 6.34. The Hall–Kier alpha value is -6.40. The minimum atomic E-state index is -0.360. The smallest absolute Gasteiger partial charge is 0.344 e. The lowest BCUT2D eigenvalue weighted by atomic mass is 9.90. The SMILES string of the molecule is CCN(CC)c1ccc2cc(-c3cccc(-c4ccc(-c5cccc(-c6cc7ccc(N(CC)CC)cc7oc6=O)c5)c5ccccc45)c3)c(=O)oc2c1. The van der Waals surface area contributed by atoms with Gasteiger partial charge < -0.3 is 18.6 Å². The first kappa shape index (κ1) is 34.7. The van der Waals surface area contributed by atoms with E-state index in [1.807, 2.05) is 72.8 Å². The van der Waals surface area contributed by atoms with Crippen LogP contribution in [0.3, 0.4) is 0 Å². The summed E-state index contributed by atoms with van der Waals surface area (Å²) in [5.41, 5.74) is 9.29. The van der Waals surface area contributed by atoms with Crippen LogP contribution in [0.15, 0.2) is 152 Å². The summed E-state index contributed by atoms with van der Waals surface area (Å²) in [6.07, 6.45) is 0. The third-order valence-electron chi connectivity index (χ3n) is 10.6. The number of fused-ring (bicyclic) bond motifs is 3. The molecule has 0 unspecified atom stereocenters. The maximum absolute atomic E-state index is 13.4. The van der Waals surface area contributed by atoms with Crippen LogP contribution in [0.2, 0.25) is 0 Å². The van der Waals surface area contributed by atoms with Crippen molar-refractivity contribution in [1.29, 1.82) is 0 Å². The summed E-state index contributed by atoms with van der Waals surface area (Å²) in [6.45, 7) is 12.0. The van der Waals surface area contributed by atoms with Gasteiger partial charge in [0, 0.05) is 60.5 Å². The van der Waals surface area contributed by atoms with Crippen molar-refractivity contribution in [3.8, 4) is 44.5 Å². The van der Waals surface area contributed by atoms with Gasteiger partial charge in [-0.25, -0.2) is 9.59 Å². The largest absolute Gasteiger partial charge is 0.422 e. The summed E-state index contributed by atoms with van der Waals surface area (Å²) in [6, 6.07) is 44.8. The van der Waals surface area contributed by atoms with Crippen LogP contribution in [-0.2, 0) is 0 Å². The molecule has 0 saturated carbocycles. The molecule has 0 aliphatic heterocycles. The van der Waals surface area contributed by atoms with E-state index in [9.17, 15) is 9.59 Å². The summed E-state index contributed by atoms with van der Waals surface area (Å²) in [4.78, 5) is 31.2. The molecule has 6 nitrogen and oxygen atoms in total. The molecule has 0 radical (unpaired) electrons. The van der Waals surface area contributed by atoms with Crippen LogP contribution in [0.4, 0.5) is 11.4 Å². The van der Waals surface area contributed by atoms with Gasteiger partial charge in [0.1, 0.15) is 11.2 Å². The van der Waals surface area contributed by atoms with E-state index >= 15 is 0 Å². The summed E-state index contributed by atoms with van der Waals surface area (Å²) >= 11 is 0. The van der Waals surface area contributed by atoms with Crippen LogP contribution in [0.1, 0.15) is 27.7 Å². The Kier molecular flexibility index (Phi) is 9.34. The Labute approximate surface area is 314 Å². The van der Waals surface area contributed by atoms with Crippen molar-refractivity contribution in [2.45, 2.75) is 27.7 Å². The Morgan fingerprint density at radius 1 is 0.407 bits per heavy atom. The van der Waals surface area contributed by atoms with Crippen LogP contribution >= 0.6 is 0 Å². The van der Waals surface area contributed by atoms with E-state index in [2.05, 4.69) is 98.2 Å².